The number of hydrogen-bond donors (Lipinski definition) is 2. The molecule has 0 radical (unpaired) electrons. The molecule has 156 valence electrons. The van der Waals surface area contributed by atoms with Crippen LogP contribution in [-0.4, -0.2) is 31.3 Å². The Morgan fingerprint density at radius 1 is 0.900 bits per heavy atom. The first kappa shape index (κ1) is 21.3. The van der Waals surface area contributed by atoms with E-state index in [1.54, 1.807) is 48.5 Å². The van der Waals surface area contributed by atoms with Gasteiger partial charge < -0.3 is 0 Å². The summed E-state index contributed by atoms with van der Waals surface area (Å²) in [7, 11) is -2.22. The first-order valence-corrected chi connectivity index (χ1v) is 10.6. The van der Waals surface area contributed by atoms with Crippen molar-refractivity contribution in [1.29, 1.82) is 0 Å². The lowest BCUT2D eigenvalue weighted by Gasteiger charge is -2.20. The number of carbonyl (C=O) groups excluding carboxylic acids is 1. The second kappa shape index (κ2) is 8.50. The number of carbonyl (C=O) groups is 1. The molecule has 2 aromatic carbocycles. The third-order valence-electron chi connectivity index (χ3n) is 4.44. The highest BCUT2D eigenvalue weighted by Crippen LogP contribution is 2.22. The van der Waals surface area contributed by atoms with Gasteiger partial charge in [-0.15, -0.1) is 0 Å². The second-order valence-electron chi connectivity index (χ2n) is 6.89. The summed E-state index contributed by atoms with van der Waals surface area (Å²) in [6.07, 6.45) is 0. The highest BCUT2D eigenvalue weighted by atomic mass is 32.2. The lowest BCUT2D eigenvalue weighted by molar-refractivity contribution is 0.0962. The molecule has 0 saturated carbocycles. The monoisotopic (exact) mass is 425 g/mol. The molecule has 1 amide bonds. The molecule has 1 aromatic heterocycles. The first-order valence-electron chi connectivity index (χ1n) is 9.21. The van der Waals surface area contributed by atoms with Gasteiger partial charge in [-0.2, -0.15) is 0 Å². The molecular weight excluding hydrogens is 402 g/mol. The zero-order valence-electron chi connectivity index (χ0n) is 17.2. The molecule has 0 fully saturated rings. The highest BCUT2D eigenvalue weighted by Gasteiger charge is 2.21. The average molecular weight is 426 g/mol. The third kappa shape index (κ3) is 4.74. The van der Waals surface area contributed by atoms with Crippen LogP contribution in [0.5, 0.6) is 0 Å². The normalized spacial score (nSPS) is 11.1. The van der Waals surface area contributed by atoms with Crippen molar-refractivity contribution in [3.8, 4) is 0 Å². The topological polar surface area (TPSA) is 104 Å². The molecule has 0 aliphatic rings. The number of aromatic nitrogens is 2. The van der Waals surface area contributed by atoms with Gasteiger partial charge in [0.2, 0.25) is 5.95 Å². The molecule has 0 unspecified atom stereocenters. The highest BCUT2D eigenvalue weighted by molar-refractivity contribution is 7.92. The van der Waals surface area contributed by atoms with Crippen molar-refractivity contribution in [3.63, 3.8) is 0 Å². The number of hydrogen-bond acceptors (Lipinski definition) is 6. The van der Waals surface area contributed by atoms with E-state index in [2.05, 4.69) is 20.8 Å². The van der Waals surface area contributed by atoms with Crippen LogP contribution in [0.2, 0.25) is 0 Å². The molecule has 0 saturated heterocycles. The Balaban J connectivity index is 1.70. The molecule has 8 nitrogen and oxygen atoms in total. The van der Waals surface area contributed by atoms with Crippen LogP contribution in [0, 0.1) is 20.8 Å². The summed E-state index contributed by atoms with van der Waals surface area (Å²) in [5.41, 5.74) is 8.56. The molecule has 3 rings (SSSR count). The van der Waals surface area contributed by atoms with E-state index in [1.165, 1.54) is 11.4 Å². The van der Waals surface area contributed by atoms with Gasteiger partial charge in [0, 0.05) is 24.0 Å². The van der Waals surface area contributed by atoms with E-state index in [4.69, 9.17) is 0 Å². The van der Waals surface area contributed by atoms with Crippen LogP contribution in [0.1, 0.15) is 27.3 Å². The Labute approximate surface area is 176 Å². The third-order valence-corrected chi connectivity index (χ3v) is 6.24. The van der Waals surface area contributed by atoms with Crippen molar-refractivity contribution in [2.75, 3.05) is 16.8 Å². The van der Waals surface area contributed by atoms with Gasteiger partial charge in [-0.05, 0) is 63.2 Å². The first-order chi connectivity index (χ1) is 14.2. The number of anilines is 2. The van der Waals surface area contributed by atoms with Gasteiger partial charge in [-0.1, -0.05) is 17.7 Å². The molecule has 2 N–H and O–H groups in total. The van der Waals surface area contributed by atoms with Gasteiger partial charge in [0.05, 0.1) is 10.6 Å². The van der Waals surface area contributed by atoms with E-state index in [0.717, 1.165) is 17.0 Å². The van der Waals surface area contributed by atoms with E-state index >= 15 is 0 Å². The van der Waals surface area contributed by atoms with Crippen LogP contribution in [0.25, 0.3) is 0 Å². The van der Waals surface area contributed by atoms with E-state index in [1.807, 2.05) is 26.8 Å². The van der Waals surface area contributed by atoms with E-state index in [0.29, 0.717) is 17.2 Å². The molecule has 0 aliphatic carbocycles. The maximum absolute atomic E-state index is 12.8. The number of aryl methyl sites for hydroxylation is 3. The van der Waals surface area contributed by atoms with Crippen molar-refractivity contribution in [1.82, 2.24) is 15.4 Å². The Bertz CT molecular complexity index is 1140. The minimum absolute atomic E-state index is 0.204. The maximum Gasteiger partial charge on any atom is 0.269 e. The van der Waals surface area contributed by atoms with Crippen molar-refractivity contribution in [3.05, 3.63) is 77.1 Å². The zero-order chi connectivity index (χ0) is 21.9. The number of nitrogens with one attached hydrogen (secondary N) is 2. The molecular formula is C21H23N5O3S. The van der Waals surface area contributed by atoms with Gasteiger partial charge in [0.15, 0.2) is 0 Å². The second-order valence-corrected chi connectivity index (χ2v) is 8.86. The van der Waals surface area contributed by atoms with Crippen LogP contribution >= 0.6 is 0 Å². The maximum atomic E-state index is 12.8. The van der Waals surface area contributed by atoms with Gasteiger partial charge in [-0.25, -0.2) is 18.4 Å². The lowest BCUT2D eigenvalue weighted by Crippen LogP contribution is -2.30. The fourth-order valence-corrected chi connectivity index (χ4v) is 3.99. The number of rotatable bonds is 6. The fourth-order valence-electron chi connectivity index (χ4n) is 2.80. The van der Waals surface area contributed by atoms with Crippen molar-refractivity contribution >= 4 is 27.6 Å². The summed E-state index contributed by atoms with van der Waals surface area (Å²) in [6, 6.07) is 14.7. The Morgan fingerprint density at radius 2 is 1.47 bits per heavy atom. The average Bonchev–Trinajstić information content (AvgIpc) is 2.71. The number of benzene rings is 2. The molecule has 9 heteroatoms. The lowest BCUT2D eigenvalue weighted by atomic mass is 10.2. The quantitative estimate of drug-likeness (QED) is 0.589. The zero-order valence-corrected chi connectivity index (χ0v) is 18.0. The summed E-state index contributed by atoms with van der Waals surface area (Å²) in [5, 5.41) is 0. The van der Waals surface area contributed by atoms with Crippen molar-refractivity contribution in [2.24, 2.45) is 0 Å². The van der Waals surface area contributed by atoms with Crippen LogP contribution < -0.4 is 15.2 Å². The summed E-state index contributed by atoms with van der Waals surface area (Å²) in [4.78, 5) is 20.9. The summed E-state index contributed by atoms with van der Waals surface area (Å²) in [6.45, 7) is 5.56. The van der Waals surface area contributed by atoms with Crippen LogP contribution in [-0.2, 0) is 10.0 Å². The predicted octanol–water partition coefficient (Wildman–Crippen LogP) is 2.98. The molecule has 0 bridgehead atoms. The number of sulfonamides is 1. The van der Waals surface area contributed by atoms with Crippen LogP contribution in [0.3, 0.4) is 0 Å². The van der Waals surface area contributed by atoms with Gasteiger partial charge >= 0.3 is 0 Å². The Morgan fingerprint density at radius 3 is 2.03 bits per heavy atom. The van der Waals surface area contributed by atoms with Crippen LogP contribution in [0.15, 0.2) is 59.5 Å². The van der Waals surface area contributed by atoms with Gasteiger partial charge in [-0.3, -0.25) is 20.0 Å². The summed E-state index contributed by atoms with van der Waals surface area (Å²) < 4.78 is 26.8. The fraction of sp³-hybridized carbons (Fsp3) is 0.190. The van der Waals surface area contributed by atoms with Crippen LogP contribution in [0.4, 0.5) is 11.6 Å². The van der Waals surface area contributed by atoms with E-state index in [9.17, 15) is 13.2 Å². The smallest absolute Gasteiger partial charge is 0.269 e. The molecule has 0 atom stereocenters. The van der Waals surface area contributed by atoms with E-state index in [-0.39, 0.29) is 4.90 Å². The standard InChI is InChI=1S/C21H23N5O3S/c1-14-5-11-19(12-6-14)30(28,29)26(4)18-9-7-17(8-10-18)20(27)24-25-21-22-15(2)13-16(3)23-21/h5-13H,1-4H3,(H,24,27)(H,22,23,25). The molecule has 0 spiro atoms. The summed E-state index contributed by atoms with van der Waals surface area (Å²) >= 11 is 0. The minimum atomic E-state index is -3.69. The number of amides is 1. The van der Waals surface area contributed by atoms with Gasteiger partial charge in [0.1, 0.15) is 0 Å². The van der Waals surface area contributed by atoms with E-state index < -0.39 is 15.9 Å². The molecule has 0 aliphatic heterocycles. The summed E-state index contributed by atoms with van der Waals surface area (Å²) in [5.74, 6) is -0.102. The van der Waals surface area contributed by atoms with Crippen molar-refractivity contribution < 1.29 is 13.2 Å². The predicted molar refractivity (Wildman–Crippen MR) is 116 cm³/mol. The SMILES string of the molecule is Cc1ccc(S(=O)(=O)N(C)c2ccc(C(=O)NNc3nc(C)cc(C)n3)cc2)cc1. The number of hydrazine groups is 1. The Kier molecular flexibility index (Phi) is 6.02. The van der Waals surface area contributed by atoms with Crippen molar-refractivity contribution in [2.45, 2.75) is 25.7 Å². The molecule has 30 heavy (non-hydrogen) atoms. The largest absolute Gasteiger partial charge is 0.269 e. The van der Waals surface area contributed by atoms with Gasteiger partial charge in [0.25, 0.3) is 15.9 Å². The minimum Gasteiger partial charge on any atom is -0.269 e. The molecule has 1 heterocycles. The molecule has 3 aromatic rings. The number of nitrogens with zero attached hydrogens (tertiary/aromatic N) is 3. The Hall–Kier alpha value is -3.46.